The Morgan fingerprint density at radius 3 is 2.38 bits per heavy atom. The topological polar surface area (TPSA) is 32.7 Å². The van der Waals surface area contributed by atoms with E-state index >= 15 is 0 Å². The molecule has 4 heteroatoms. The molecule has 0 bridgehead atoms. The Morgan fingerprint density at radius 2 is 1.88 bits per heavy atom. The molecule has 0 spiro atoms. The fourth-order valence-corrected chi connectivity index (χ4v) is 2.33. The zero-order valence-corrected chi connectivity index (χ0v) is 11.1. The van der Waals surface area contributed by atoms with Gasteiger partial charge in [-0.2, -0.15) is 4.99 Å². The second kappa shape index (κ2) is 6.74. The number of allylic oxidation sites excluding steroid dienone is 1. The molecule has 0 atom stereocenters. The van der Waals surface area contributed by atoms with Gasteiger partial charge in [0.2, 0.25) is 0 Å². The Balaban J connectivity index is 2.68. The number of rotatable bonds is 1. The van der Waals surface area contributed by atoms with Gasteiger partial charge < -0.3 is 4.90 Å². The standard InChI is InChI=1S/C12H20N2OS/c1-10(2)9-11(15)13-12(16-3)14-7-5-4-6-8-14/h9H,4-8H2,1-3H3/b13-12-. The molecule has 0 aliphatic carbocycles. The number of nitrogens with zero attached hydrogens (tertiary/aromatic N) is 2. The van der Waals surface area contributed by atoms with Crippen LogP contribution in [0.15, 0.2) is 16.6 Å². The molecule has 0 saturated carbocycles. The molecule has 0 N–H and O–H groups in total. The van der Waals surface area contributed by atoms with E-state index in [4.69, 9.17) is 0 Å². The van der Waals surface area contributed by atoms with Gasteiger partial charge in [-0.3, -0.25) is 4.79 Å². The molecular formula is C12H20N2OS. The number of carbonyl (C=O) groups excluding carboxylic acids is 1. The number of amidine groups is 1. The fourth-order valence-electron chi connectivity index (χ4n) is 1.70. The molecule has 1 aliphatic heterocycles. The predicted molar refractivity (Wildman–Crippen MR) is 70.8 cm³/mol. The van der Waals surface area contributed by atoms with Crippen LogP contribution in [0, 0.1) is 0 Å². The fraction of sp³-hybridized carbons (Fsp3) is 0.667. The number of carbonyl (C=O) groups is 1. The molecule has 0 aromatic carbocycles. The van der Waals surface area contributed by atoms with Crippen LogP contribution >= 0.6 is 11.8 Å². The lowest BCUT2D eigenvalue weighted by molar-refractivity contribution is -0.113. The van der Waals surface area contributed by atoms with E-state index < -0.39 is 0 Å². The summed E-state index contributed by atoms with van der Waals surface area (Å²) in [7, 11) is 0. The van der Waals surface area contributed by atoms with Crippen LogP contribution in [0.2, 0.25) is 0 Å². The van der Waals surface area contributed by atoms with E-state index in [2.05, 4.69) is 9.89 Å². The lowest BCUT2D eigenvalue weighted by Crippen LogP contribution is -2.34. The Morgan fingerprint density at radius 1 is 1.25 bits per heavy atom. The second-order valence-electron chi connectivity index (χ2n) is 4.21. The number of amides is 1. The molecular weight excluding hydrogens is 220 g/mol. The number of thioether (sulfide) groups is 1. The van der Waals surface area contributed by atoms with Crippen molar-refractivity contribution in [3.8, 4) is 0 Å². The van der Waals surface area contributed by atoms with E-state index in [1.807, 2.05) is 20.1 Å². The molecule has 0 aromatic heterocycles. The molecule has 16 heavy (non-hydrogen) atoms. The van der Waals surface area contributed by atoms with Crippen LogP contribution in [-0.4, -0.2) is 35.3 Å². The lowest BCUT2D eigenvalue weighted by atomic mass is 10.1. The van der Waals surface area contributed by atoms with E-state index in [0.29, 0.717) is 0 Å². The highest BCUT2D eigenvalue weighted by molar-refractivity contribution is 8.13. The molecule has 0 aromatic rings. The van der Waals surface area contributed by atoms with E-state index in [0.717, 1.165) is 23.8 Å². The van der Waals surface area contributed by atoms with Crippen molar-refractivity contribution in [3.63, 3.8) is 0 Å². The number of piperidine rings is 1. The molecule has 1 fully saturated rings. The molecule has 1 aliphatic rings. The Hall–Kier alpha value is -0.770. The van der Waals surface area contributed by atoms with Crippen molar-refractivity contribution in [2.24, 2.45) is 4.99 Å². The van der Waals surface area contributed by atoms with Gasteiger partial charge in [0.25, 0.3) is 5.91 Å². The highest BCUT2D eigenvalue weighted by Gasteiger charge is 2.14. The first-order valence-electron chi connectivity index (χ1n) is 5.70. The van der Waals surface area contributed by atoms with Gasteiger partial charge in [0, 0.05) is 19.2 Å². The van der Waals surface area contributed by atoms with Gasteiger partial charge >= 0.3 is 0 Å². The number of hydrogen-bond donors (Lipinski definition) is 0. The third-order valence-electron chi connectivity index (χ3n) is 2.43. The van der Waals surface area contributed by atoms with Crippen molar-refractivity contribution in [3.05, 3.63) is 11.6 Å². The van der Waals surface area contributed by atoms with Crippen molar-refractivity contribution >= 4 is 22.8 Å². The third-order valence-corrected chi connectivity index (χ3v) is 3.14. The minimum atomic E-state index is -0.144. The zero-order valence-electron chi connectivity index (χ0n) is 10.3. The normalized spacial score (nSPS) is 17.2. The summed E-state index contributed by atoms with van der Waals surface area (Å²) >= 11 is 1.56. The van der Waals surface area contributed by atoms with Crippen molar-refractivity contribution < 1.29 is 4.79 Å². The summed E-state index contributed by atoms with van der Waals surface area (Å²) in [6.45, 7) is 5.88. The highest BCUT2D eigenvalue weighted by atomic mass is 32.2. The monoisotopic (exact) mass is 240 g/mol. The summed E-state index contributed by atoms with van der Waals surface area (Å²) in [5.74, 6) is -0.144. The summed E-state index contributed by atoms with van der Waals surface area (Å²) in [4.78, 5) is 17.9. The summed E-state index contributed by atoms with van der Waals surface area (Å²) in [6, 6.07) is 0. The predicted octanol–water partition coefficient (Wildman–Crippen LogP) is 2.68. The molecule has 0 radical (unpaired) electrons. The van der Waals surface area contributed by atoms with Crippen LogP contribution in [0.3, 0.4) is 0 Å². The quantitative estimate of drug-likeness (QED) is 0.401. The molecule has 1 heterocycles. The number of likely N-dealkylation sites (tertiary alicyclic amines) is 1. The minimum absolute atomic E-state index is 0.144. The minimum Gasteiger partial charge on any atom is -0.351 e. The molecule has 3 nitrogen and oxygen atoms in total. The van der Waals surface area contributed by atoms with Crippen LogP contribution in [0.4, 0.5) is 0 Å². The lowest BCUT2D eigenvalue weighted by Gasteiger charge is -2.28. The first kappa shape index (κ1) is 13.3. The van der Waals surface area contributed by atoms with Crippen LogP contribution in [-0.2, 0) is 4.79 Å². The zero-order chi connectivity index (χ0) is 12.0. The Bertz CT molecular complexity index is 300. The van der Waals surface area contributed by atoms with E-state index in [1.54, 1.807) is 17.8 Å². The second-order valence-corrected chi connectivity index (χ2v) is 4.98. The average Bonchev–Trinajstić information content (AvgIpc) is 2.26. The van der Waals surface area contributed by atoms with Crippen LogP contribution < -0.4 is 0 Å². The first-order valence-corrected chi connectivity index (χ1v) is 6.92. The summed E-state index contributed by atoms with van der Waals surface area (Å²) in [5.41, 5.74) is 0.993. The van der Waals surface area contributed by atoms with Crippen LogP contribution in [0.1, 0.15) is 33.1 Å². The summed E-state index contributed by atoms with van der Waals surface area (Å²) in [6.07, 6.45) is 7.26. The summed E-state index contributed by atoms with van der Waals surface area (Å²) in [5, 5.41) is 0.863. The maximum absolute atomic E-state index is 11.6. The van der Waals surface area contributed by atoms with Gasteiger partial charge in [-0.15, -0.1) is 0 Å². The number of hydrogen-bond acceptors (Lipinski definition) is 2. The SMILES string of the molecule is CS/C(=N\C(=O)C=C(C)C)N1CCCCC1. The van der Waals surface area contributed by atoms with Crippen molar-refractivity contribution in [2.75, 3.05) is 19.3 Å². The van der Waals surface area contributed by atoms with Gasteiger partial charge in [-0.25, -0.2) is 0 Å². The van der Waals surface area contributed by atoms with Gasteiger partial charge in [0.1, 0.15) is 0 Å². The molecule has 1 rings (SSSR count). The highest BCUT2D eigenvalue weighted by Crippen LogP contribution is 2.14. The maximum Gasteiger partial charge on any atom is 0.272 e. The van der Waals surface area contributed by atoms with Gasteiger partial charge in [0.05, 0.1) is 0 Å². The van der Waals surface area contributed by atoms with Crippen LogP contribution in [0.25, 0.3) is 0 Å². The largest absolute Gasteiger partial charge is 0.351 e. The smallest absolute Gasteiger partial charge is 0.272 e. The Labute approximate surface area is 102 Å². The van der Waals surface area contributed by atoms with Crippen molar-refractivity contribution in [2.45, 2.75) is 33.1 Å². The van der Waals surface area contributed by atoms with Crippen LogP contribution in [0.5, 0.6) is 0 Å². The first-order chi connectivity index (χ1) is 7.63. The van der Waals surface area contributed by atoms with Gasteiger partial charge in [-0.05, 0) is 39.4 Å². The van der Waals surface area contributed by atoms with E-state index in [1.165, 1.54) is 19.3 Å². The van der Waals surface area contributed by atoms with E-state index in [-0.39, 0.29) is 5.91 Å². The van der Waals surface area contributed by atoms with Gasteiger partial charge in [0.15, 0.2) is 5.17 Å². The van der Waals surface area contributed by atoms with E-state index in [9.17, 15) is 4.79 Å². The molecule has 1 amide bonds. The third kappa shape index (κ3) is 4.39. The summed E-state index contributed by atoms with van der Waals surface area (Å²) < 4.78 is 0. The molecule has 90 valence electrons. The molecule has 1 saturated heterocycles. The van der Waals surface area contributed by atoms with Crippen molar-refractivity contribution in [1.82, 2.24) is 4.90 Å². The van der Waals surface area contributed by atoms with Gasteiger partial charge in [-0.1, -0.05) is 17.3 Å². The average molecular weight is 240 g/mol. The van der Waals surface area contributed by atoms with Crippen molar-refractivity contribution in [1.29, 1.82) is 0 Å². The maximum atomic E-state index is 11.6. The molecule has 0 unspecified atom stereocenters. The number of aliphatic imine (C=N–C) groups is 1. The Kier molecular flexibility index (Phi) is 5.60.